The monoisotopic (exact) mass is 384 g/mol. The third kappa shape index (κ3) is 2.93. The van der Waals surface area contributed by atoms with Gasteiger partial charge in [-0.1, -0.05) is 54.6 Å². The highest BCUT2D eigenvalue weighted by atomic mass is 16.4. The highest BCUT2D eigenvalue weighted by Crippen LogP contribution is 2.42. The Bertz CT molecular complexity index is 1180. The van der Waals surface area contributed by atoms with Crippen molar-refractivity contribution in [1.29, 1.82) is 0 Å². The minimum absolute atomic E-state index is 0.465. The molecule has 2 aromatic heterocycles. The molecule has 6 heteroatoms. The molecule has 1 aliphatic carbocycles. The first-order chi connectivity index (χ1) is 14.2. The molecule has 0 unspecified atom stereocenters. The van der Waals surface area contributed by atoms with E-state index in [-0.39, 0.29) is 0 Å². The van der Waals surface area contributed by atoms with Crippen molar-refractivity contribution in [3.63, 3.8) is 0 Å². The molecule has 1 aliphatic rings. The Hall–Kier alpha value is -3.67. The molecule has 1 saturated carbocycles. The number of nitrogens with zero attached hydrogens (tertiary/aromatic N) is 3. The fourth-order valence-corrected chi connectivity index (χ4v) is 4.13. The minimum atomic E-state index is -0.980. The number of carboxylic acid groups (broad SMARTS) is 1. The molecule has 0 saturated heterocycles. The fraction of sp³-hybridized carbons (Fsp3) is 0.174. The molecule has 4 aromatic rings. The Kier molecular flexibility index (Phi) is 4.05. The summed E-state index contributed by atoms with van der Waals surface area (Å²) in [5.74, 6) is 0.647. The van der Waals surface area contributed by atoms with Crippen LogP contribution in [0.3, 0.4) is 0 Å². The molecule has 6 nitrogen and oxygen atoms in total. The summed E-state index contributed by atoms with van der Waals surface area (Å²) < 4.78 is 2.00. The van der Waals surface area contributed by atoms with Gasteiger partial charge in [0.1, 0.15) is 0 Å². The summed E-state index contributed by atoms with van der Waals surface area (Å²) in [4.78, 5) is 20.4. The van der Waals surface area contributed by atoms with Crippen LogP contribution in [0.2, 0.25) is 0 Å². The summed E-state index contributed by atoms with van der Waals surface area (Å²) in [7, 11) is 0. The van der Waals surface area contributed by atoms with Crippen molar-refractivity contribution in [3.05, 3.63) is 78.6 Å². The standard InChI is InChI=1S/C23H20N4O2/c28-22(29)26-23(12-4-13-23)18-10-8-16(9-11-18)19-20(17-6-2-1-3-7-17)27-15-5-14-24-21(27)25-19/h1-3,5-11,14-15,26H,4,12-13H2,(H,28,29). The Morgan fingerprint density at radius 2 is 1.76 bits per heavy atom. The second-order valence-corrected chi connectivity index (χ2v) is 7.41. The number of amides is 1. The average Bonchev–Trinajstić information content (AvgIpc) is 3.11. The van der Waals surface area contributed by atoms with Gasteiger partial charge >= 0.3 is 6.09 Å². The lowest BCUT2D eigenvalue weighted by atomic mass is 9.72. The van der Waals surface area contributed by atoms with Crippen LogP contribution in [0.4, 0.5) is 4.79 Å². The lowest BCUT2D eigenvalue weighted by molar-refractivity contribution is 0.144. The summed E-state index contributed by atoms with van der Waals surface area (Å²) in [6.45, 7) is 0. The van der Waals surface area contributed by atoms with Crippen LogP contribution in [0, 0.1) is 0 Å². The molecule has 0 bridgehead atoms. The van der Waals surface area contributed by atoms with E-state index >= 15 is 0 Å². The van der Waals surface area contributed by atoms with Crippen LogP contribution in [-0.4, -0.2) is 25.6 Å². The molecule has 29 heavy (non-hydrogen) atoms. The number of hydrogen-bond donors (Lipinski definition) is 2. The van der Waals surface area contributed by atoms with Crippen LogP contribution in [0.1, 0.15) is 24.8 Å². The maximum Gasteiger partial charge on any atom is 0.405 e. The van der Waals surface area contributed by atoms with E-state index < -0.39 is 11.6 Å². The van der Waals surface area contributed by atoms with Gasteiger partial charge in [-0.2, -0.15) is 0 Å². The molecule has 1 amide bonds. The average molecular weight is 384 g/mol. The van der Waals surface area contributed by atoms with Crippen LogP contribution in [0.25, 0.3) is 28.3 Å². The Morgan fingerprint density at radius 1 is 1.00 bits per heavy atom. The van der Waals surface area contributed by atoms with E-state index in [1.807, 2.05) is 59.1 Å². The van der Waals surface area contributed by atoms with E-state index in [1.165, 1.54) is 0 Å². The highest BCUT2D eigenvalue weighted by Gasteiger charge is 2.40. The number of aromatic nitrogens is 3. The quantitative estimate of drug-likeness (QED) is 0.534. The van der Waals surface area contributed by atoms with E-state index in [0.29, 0.717) is 5.78 Å². The maximum absolute atomic E-state index is 11.2. The van der Waals surface area contributed by atoms with Gasteiger partial charge in [-0.05, 0) is 30.9 Å². The zero-order valence-corrected chi connectivity index (χ0v) is 15.7. The summed E-state index contributed by atoms with van der Waals surface area (Å²) in [6.07, 6.45) is 5.40. The molecule has 0 radical (unpaired) electrons. The van der Waals surface area contributed by atoms with E-state index in [0.717, 1.165) is 47.3 Å². The first kappa shape index (κ1) is 17.4. The normalized spacial score (nSPS) is 15.0. The third-order valence-electron chi connectivity index (χ3n) is 5.72. The number of rotatable bonds is 4. The molecule has 0 aliphatic heterocycles. The van der Waals surface area contributed by atoms with E-state index in [4.69, 9.17) is 4.98 Å². The Labute approximate surface area is 167 Å². The first-order valence-corrected chi connectivity index (χ1v) is 9.67. The van der Waals surface area contributed by atoms with E-state index in [9.17, 15) is 9.90 Å². The SMILES string of the molecule is O=C(O)NC1(c2ccc(-c3nc4ncccn4c3-c3ccccc3)cc2)CCC1. The second-order valence-electron chi connectivity index (χ2n) is 7.41. The topological polar surface area (TPSA) is 79.5 Å². The van der Waals surface area contributed by atoms with Crippen molar-refractivity contribution in [2.45, 2.75) is 24.8 Å². The summed E-state index contributed by atoms with van der Waals surface area (Å²) in [5.41, 5.74) is 4.42. The molecule has 2 aromatic carbocycles. The van der Waals surface area contributed by atoms with E-state index in [2.05, 4.69) is 22.4 Å². The van der Waals surface area contributed by atoms with Crippen LogP contribution in [0.15, 0.2) is 73.1 Å². The van der Waals surface area contributed by atoms with Gasteiger partial charge in [0.25, 0.3) is 0 Å². The zero-order valence-electron chi connectivity index (χ0n) is 15.7. The highest BCUT2D eigenvalue weighted by molar-refractivity contribution is 5.81. The van der Waals surface area contributed by atoms with Crippen molar-refractivity contribution in [2.75, 3.05) is 0 Å². The third-order valence-corrected chi connectivity index (χ3v) is 5.72. The number of nitrogens with one attached hydrogen (secondary N) is 1. The van der Waals surface area contributed by atoms with Crippen LogP contribution in [-0.2, 0) is 5.54 Å². The molecule has 0 spiro atoms. The summed E-state index contributed by atoms with van der Waals surface area (Å²) >= 11 is 0. The molecule has 2 heterocycles. The van der Waals surface area contributed by atoms with Crippen LogP contribution < -0.4 is 5.32 Å². The lowest BCUT2D eigenvalue weighted by Crippen LogP contribution is -2.50. The predicted molar refractivity (Wildman–Crippen MR) is 111 cm³/mol. The van der Waals surface area contributed by atoms with Gasteiger partial charge in [0.2, 0.25) is 5.78 Å². The number of fused-ring (bicyclic) bond motifs is 1. The van der Waals surface area contributed by atoms with Gasteiger partial charge in [-0.3, -0.25) is 4.40 Å². The molecule has 0 atom stereocenters. The number of benzene rings is 2. The zero-order chi connectivity index (χ0) is 19.8. The van der Waals surface area contributed by atoms with Crippen molar-refractivity contribution in [1.82, 2.24) is 19.7 Å². The van der Waals surface area contributed by atoms with Gasteiger partial charge in [-0.25, -0.2) is 14.8 Å². The van der Waals surface area contributed by atoms with E-state index in [1.54, 1.807) is 6.20 Å². The minimum Gasteiger partial charge on any atom is -0.465 e. The maximum atomic E-state index is 11.2. The van der Waals surface area contributed by atoms with Gasteiger partial charge in [-0.15, -0.1) is 0 Å². The Balaban J connectivity index is 1.61. The van der Waals surface area contributed by atoms with Gasteiger partial charge in [0.05, 0.1) is 16.9 Å². The van der Waals surface area contributed by atoms with Gasteiger partial charge in [0, 0.05) is 23.5 Å². The Morgan fingerprint density at radius 3 is 2.41 bits per heavy atom. The molecule has 1 fully saturated rings. The van der Waals surface area contributed by atoms with Crippen LogP contribution in [0.5, 0.6) is 0 Å². The summed E-state index contributed by atoms with van der Waals surface area (Å²) in [6, 6.07) is 20.1. The molecule has 2 N–H and O–H groups in total. The number of imidazole rings is 1. The molecule has 144 valence electrons. The predicted octanol–water partition coefficient (Wildman–Crippen LogP) is 4.71. The van der Waals surface area contributed by atoms with Gasteiger partial charge in [0.15, 0.2) is 0 Å². The second kappa shape index (κ2) is 6.74. The largest absolute Gasteiger partial charge is 0.465 e. The van der Waals surface area contributed by atoms with Crippen molar-refractivity contribution < 1.29 is 9.90 Å². The van der Waals surface area contributed by atoms with Crippen LogP contribution >= 0.6 is 0 Å². The van der Waals surface area contributed by atoms with Crippen molar-refractivity contribution in [2.24, 2.45) is 0 Å². The molecular formula is C23H20N4O2. The fourth-order valence-electron chi connectivity index (χ4n) is 4.13. The van der Waals surface area contributed by atoms with Crippen molar-refractivity contribution in [3.8, 4) is 22.5 Å². The number of carbonyl (C=O) groups is 1. The first-order valence-electron chi connectivity index (χ1n) is 9.67. The molecular weight excluding hydrogens is 364 g/mol. The van der Waals surface area contributed by atoms with Crippen molar-refractivity contribution >= 4 is 11.9 Å². The molecule has 5 rings (SSSR count). The number of hydrogen-bond acceptors (Lipinski definition) is 3. The van der Waals surface area contributed by atoms with Gasteiger partial charge < -0.3 is 10.4 Å². The lowest BCUT2D eigenvalue weighted by Gasteiger charge is -2.42. The smallest absolute Gasteiger partial charge is 0.405 e. The summed E-state index contributed by atoms with van der Waals surface area (Å²) in [5, 5.41) is 11.9.